The van der Waals surface area contributed by atoms with Gasteiger partial charge in [0.25, 0.3) is 5.91 Å². The molecule has 1 saturated heterocycles. The maximum Gasteiger partial charge on any atom is 0.251 e. The summed E-state index contributed by atoms with van der Waals surface area (Å²) in [5.41, 5.74) is 2.84. The maximum atomic E-state index is 13.4. The molecule has 2 aliphatic rings. The first kappa shape index (κ1) is 26.6. The third-order valence-electron chi connectivity index (χ3n) is 7.24. The van der Waals surface area contributed by atoms with Crippen molar-refractivity contribution in [3.05, 3.63) is 47.0 Å². The van der Waals surface area contributed by atoms with E-state index in [4.69, 9.17) is 18.9 Å². The molecule has 1 unspecified atom stereocenters. The zero-order valence-electron chi connectivity index (χ0n) is 22.2. The molecule has 0 spiro atoms. The summed E-state index contributed by atoms with van der Waals surface area (Å²) in [5, 5.41) is 2.98. The lowest BCUT2D eigenvalue weighted by atomic mass is 9.93. The second kappa shape index (κ2) is 12.2. The highest BCUT2D eigenvalue weighted by Gasteiger charge is 2.31. The molecular formula is C28H37N3O6. The zero-order valence-corrected chi connectivity index (χ0v) is 22.2. The number of ether oxygens (including phenoxy) is 4. The molecular weight excluding hydrogens is 474 g/mol. The molecule has 0 aromatic heterocycles. The normalized spacial score (nSPS) is 17.5. The van der Waals surface area contributed by atoms with Crippen LogP contribution in [0.1, 0.15) is 34.3 Å². The molecule has 2 aromatic carbocycles. The Bertz CT molecular complexity index is 1120. The number of likely N-dealkylation sites (tertiary alicyclic amines) is 1. The molecule has 9 heteroatoms. The number of benzene rings is 2. The monoisotopic (exact) mass is 511 g/mol. The Balaban J connectivity index is 1.29. The molecule has 1 N–H and O–H groups in total. The van der Waals surface area contributed by atoms with Gasteiger partial charge < -0.3 is 34.1 Å². The Morgan fingerprint density at radius 1 is 0.892 bits per heavy atom. The van der Waals surface area contributed by atoms with Crippen molar-refractivity contribution in [3.8, 4) is 23.0 Å². The molecule has 1 fully saturated rings. The number of nitrogens with one attached hydrogen (secondary N) is 1. The molecule has 2 aliphatic heterocycles. The van der Waals surface area contributed by atoms with Crippen molar-refractivity contribution in [3.63, 3.8) is 0 Å². The summed E-state index contributed by atoms with van der Waals surface area (Å²) < 4.78 is 21.4. The van der Waals surface area contributed by atoms with E-state index < -0.39 is 0 Å². The lowest BCUT2D eigenvalue weighted by molar-refractivity contribution is -0.138. The molecule has 2 heterocycles. The Hall–Kier alpha value is -3.46. The van der Waals surface area contributed by atoms with E-state index in [1.807, 2.05) is 17.0 Å². The first-order valence-corrected chi connectivity index (χ1v) is 12.7. The Morgan fingerprint density at radius 3 is 2.27 bits per heavy atom. The highest BCUT2D eigenvalue weighted by Crippen LogP contribution is 2.34. The van der Waals surface area contributed by atoms with Gasteiger partial charge in [0.1, 0.15) is 0 Å². The van der Waals surface area contributed by atoms with Gasteiger partial charge in [-0.25, -0.2) is 0 Å². The van der Waals surface area contributed by atoms with Crippen LogP contribution in [0.2, 0.25) is 0 Å². The van der Waals surface area contributed by atoms with Crippen LogP contribution >= 0.6 is 0 Å². The van der Waals surface area contributed by atoms with Crippen molar-refractivity contribution in [2.24, 2.45) is 5.92 Å². The van der Waals surface area contributed by atoms with E-state index in [0.29, 0.717) is 55.5 Å². The zero-order chi connectivity index (χ0) is 26.4. The predicted octanol–water partition coefficient (Wildman–Crippen LogP) is 2.75. The molecule has 37 heavy (non-hydrogen) atoms. The summed E-state index contributed by atoms with van der Waals surface area (Å²) in [5.74, 6) is 2.53. The summed E-state index contributed by atoms with van der Waals surface area (Å²) in [6, 6.07) is 9.12. The third-order valence-corrected chi connectivity index (χ3v) is 7.24. The molecule has 2 amide bonds. The van der Waals surface area contributed by atoms with Gasteiger partial charge in [0.15, 0.2) is 23.0 Å². The number of methoxy groups -OCH3 is 4. The van der Waals surface area contributed by atoms with E-state index in [1.165, 1.54) is 5.56 Å². The van der Waals surface area contributed by atoms with Gasteiger partial charge in [-0.15, -0.1) is 0 Å². The first-order valence-electron chi connectivity index (χ1n) is 12.7. The Labute approximate surface area is 218 Å². The molecule has 1 atom stereocenters. The van der Waals surface area contributed by atoms with Crippen LogP contribution in [-0.2, 0) is 17.8 Å². The largest absolute Gasteiger partial charge is 0.493 e. The summed E-state index contributed by atoms with van der Waals surface area (Å²) in [7, 11) is 6.37. The fourth-order valence-corrected chi connectivity index (χ4v) is 5.20. The summed E-state index contributed by atoms with van der Waals surface area (Å²) in [4.78, 5) is 30.3. The smallest absolute Gasteiger partial charge is 0.251 e. The van der Waals surface area contributed by atoms with E-state index in [-0.39, 0.29) is 17.7 Å². The van der Waals surface area contributed by atoms with Crippen molar-refractivity contribution >= 4 is 11.8 Å². The minimum atomic E-state index is -0.162. The van der Waals surface area contributed by atoms with E-state index in [1.54, 1.807) is 46.6 Å². The quantitative estimate of drug-likeness (QED) is 0.554. The van der Waals surface area contributed by atoms with E-state index >= 15 is 0 Å². The fourth-order valence-electron chi connectivity index (χ4n) is 5.20. The van der Waals surface area contributed by atoms with Gasteiger partial charge in [0.05, 0.1) is 34.4 Å². The van der Waals surface area contributed by atoms with Crippen LogP contribution in [-0.4, -0.2) is 82.8 Å². The molecule has 9 nitrogen and oxygen atoms in total. The maximum absolute atomic E-state index is 13.4. The van der Waals surface area contributed by atoms with Gasteiger partial charge in [-0.2, -0.15) is 0 Å². The Morgan fingerprint density at radius 2 is 1.57 bits per heavy atom. The standard InChI is InChI=1S/C28H37N3O6/c1-34-23-8-7-20(15-24(23)35-2)27(32)29-10-13-30-11-5-6-21(17-30)28(33)31-12-9-19-14-25(36-3)26(37-4)16-22(19)18-31/h7-8,14-16,21H,5-6,9-13,17-18H2,1-4H3,(H,29,32). The highest BCUT2D eigenvalue weighted by molar-refractivity contribution is 5.94. The van der Waals surface area contributed by atoms with Crippen molar-refractivity contribution in [1.29, 1.82) is 0 Å². The third kappa shape index (κ3) is 6.10. The number of hydrogen-bond donors (Lipinski definition) is 1. The lowest BCUT2D eigenvalue weighted by Gasteiger charge is -2.37. The number of rotatable bonds is 9. The van der Waals surface area contributed by atoms with Crippen LogP contribution in [0.25, 0.3) is 0 Å². The van der Waals surface area contributed by atoms with Crippen molar-refractivity contribution in [1.82, 2.24) is 15.1 Å². The van der Waals surface area contributed by atoms with Gasteiger partial charge in [-0.05, 0) is 67.3 Å². The summed E-state index contributed by atoms with van der Waals surface area (Å²) in [6.07, 6.45) is 2.66. The van der Waals surface area contributed by atoms with Crippen LogP contribution in [0.3, 0.4) is 0 Å². The van der Waals surface area contributed by atoms with E-state index in [2.05, 4.69) is 10.2 Å². The first-order chi connectivity index (χ1) is 18.0. The van der Waals surface area contributed by atoms with Crippen molar-refractivity contribution in [2.75, 3.05) is 61.2 Å². The summed E-state index contributed by atoms with van der Waals surface area (Å²) in [6.45, 7) is 4.14. The van der Waals surface area contributed by atoms with Gasteiger partial charge in [0, 0.05) is 38.3 Å². The molecule has 4 rings (SSSR count). The van der Waals surface area contributed by atoms with Gasteiger partial charge in [0.2, 0.25) is 5.91 Å². The minimum absolute atomic E-state index is 0.0306. The predicted molar refractivity (Wildman–Crippen MR) is 140 cm³/mol. The van der Waals surface area contributed by atoms with E-state index in [0.717, 1.165) is 37.1 Å². The van der Waals surface area contributed by atoms with Crippen LogP contribution in [0.4, 0.5) is 0 Å². The number of carbonyl (C=O) groups excluding carboxylic acids is 2. The highest BCUT2D eigenvalue weighted by atomic mass is 16.5. The number of piperidine rings is 1. The Kier molecular flexibility index (Phi) is 8.76. The molecule has 0 saturated carbocycles. The minimum Gasteiger partial charge on any atom is -0.493 e. The van der Waals surface area contributed by atoms with Gasteiger partial charge >= 0.3 is 0 Å². The molecule has 0 radical (unpaired) electrons. The van der Waals surface area contributed by atoms with Crippen molar-refractivity contribution < 1.29 is 28.5 Å². The topological polar surface area (TPSA) is 89.6 Å². The average molecular weight is 512 g/mol. The number of hydrogen-bond acceptors (Lipinski definition) is 7. The van der Waals surface area contributed by atoms with Gasteiger partial charge in [-0.1, -0.05) is 0 Å². The number of fused-ring (bicyclic) bond motifs is 1. The molecule has 0 bridgehead atoms. The number of nitrogens with zero attached hydrogens (tertiary/aromatic N) is 2. The lowest BCUT2D eigenvalue weighted by Crippen LogP contribution is -2.47. The van der Waals surface area contributed by atoms with Crippen LogP contribution in [0, 0.1) is 5.92 Å². The van der Waals surface area contributed by atoms with Crippen molar-refractivity contribution in [2.45, 2.75) is 25.8 Å². The number of amides is 2. The van der Waals surface area contributed by atoms with Crippen LogP contribution < -0.4 is 24.3 Å². The fraction of sp³-hybridized carbons (Fsp3) is 0.500. The summed E-state index contributed by atoms with van der Waals surface area (Å²) >= 11 is 0. The SMILES string of the molecule is COc1ccc(C(=O)NCCN2CCCC(C(=O)N3CCc4cc(OC)c(OC)cc4C3)C2)cc1OC. The van der Waals surface area contributed by atoms with E-state index in [9.17, 15) is 9.59 Å². The molecule has 0 aliphatic carbocycles. The molecule has 200 valence electrons. The van der Waals surface area contributed by atoms with Crippen LogP contribution in [0.15, 0.2) is 30.3 Å². The second-order valence-electron chi connectivity index (χ2n) is 9.45. The van der Waals surface area contributed by atoms with Gasteiger partial charge in [-0.3, -0.25) is 9.59 Å². The number of carbonyl (C=O) groups is 2. The average Bonchev–Trinajstić information content (AvgIpc) is 2.95. The molecule has 2 aromatic rings. The van der Waals surface area contributed by atoms with Crippen LogP contribution in [0.5, 0.6) is 23.0 Å². The second-order valence-corrected chi connectivity index (χ2v) is 9.45.